The topological polar surface area (TPSA) is 116 Å². The van der Waals surface area contributed by atoms with Crippen LogP contribution < -0.4 is 10.6 Å². The quantitative estimate of drug-likeness (QED) is 0.601. The molecule has 104 valence electrons. The summed E-state index contributed by atoms with van der Waals surface area (Å²) in [6.07, 6.45) is -0.0347. The Bertz CT molecular complexity index is 600. The van der Waals surface area contributed by atoms with Gasteiger partial charge in [-0.3, -0.25) is 4.79 Å². The Kier molecular flexibility index (Phi) is 3.40. The van der Waals surface area contributed by atoms with E-state index in [9.17, 15) is 9.90 Å². The molecule has 1 aromatic heterocycles. The van der Waals surface area contributed by atoms with E-state index in [-0.39, 0.29) is 11.9 Å². The number of nitrogens with zero attached hydrogens (tertiary/aromatic N) is 3. The second-order valence-electron chi connectivity index (χ2n) is 4.66. The fourth-order valence-corrected chi connectivity index (χ4v) is 2.17. The van der Waals surface area contributed by atoms with Crippen molar-refractivity contribution < 1.29 is 9.90 Å². The fourth-order valence-electron chi connectivity index (χ4n) is 2.17. The highest BCUT2D eigenvalue weighted by molar-refractivity contribution is 5.95. The number of benzene rings is 1. The number of H-pyrrole nitrogens is 1. The number of hydrogen-bond donors (Lipinski definition) is 4. The summed E-state index contributed by atoms with van der Waals surface area (Å²) in [6, 6.07) is 6.83. The summed E-state index contributed by atoms with van der Waals surface area (Å²) >= 11 is 0. The van der Waals surface area contributed by atoms with Crippen molar-refractivity contribution in [2.24, 2.45) is 0 Å². The van der Waals surface area contributed by atoms with Gasteiger partial charge in [-0.2, -0.15) is 5.21 Å². The molecule has 8 nitrogen and oxygen atoms in total. The summed E-state index contributed by atoms with van der Waals surface area (Å²) in [5.41, 5.74) is 1.41. The molecule has 0 bridgehead atoms. The smallest absolute Gasteiger partial charge is 0.241 e. The van der Waals surface area contributed by atoms with Crippen molar-refractivity contribution >= 4 is 11.6 Å². The van der Waals surface area contributed by atoms with Crippen LogP contribution in [0.2, 0.25) is 0 Å². The van der Waals surface area contributed by atoms with Crippen molar-refractivity contribution in [2.75, 3.05) is 11.9 Å². The zero-order chi connectivity index (χ0) is 13.9. The Morgan fingerprint density at radius 1 is 1.45 bits per heavy atom. The van der Waals surface area contributed by atoms with Crippen molar-refractivity contribution in [3.8, 4) is 11.4 Å². The lowest BCUT2D eigenvalue weighted by Gasteiger charge is -2.11. The highest BCUT2D eigenvalue weighted by Crippen LogP contribution is 2.19. The number of hydrogen-bond acceptors (Lipinski definition) is 6. The van der Waals surface area contributed by atoms with E-state index in [1.165, 1.54) is 0 Å². The number of carbonyl (C=O) groups excluding carboxylic acids is 1. The third kappa shape index (κ3) is 2.65. The molecule has 1 aromatic carbocycles. The molecule has 0 radical (unpaired) electrons. The highest BCUT2D eigenvalue weighted by Gasteiger charge is 2.27. The predicted octanol–water partition coefficient (Wildman–Crippen LogP) is -0.472. The minimum atomic E-state index is -0.462. The van der Waals surface area contributed by atoms with Gasteiger partial charge in [-0.05, 0) is 23.8 Å². The Morgan fingerprint density at radius 3 is 3.05 bits per heavy atom. The largest absolute Gasteiger partial charge is 0.392 e. The zero-order valence-electron chi connectivity index (χ0n) is 10.6. The van der Waals surface area contributed by atoms with E-state index < -0.39 is 6.10 Å². The van der Waals surface area contributed by atoms with Gasteiger partial charge < -0.3 is 15.7 Å². The average Bonchev–Trinajstić information content (AvgIpc) is 3.10. The lowest BCUT2D eigenvalue weighted by atomic mass is 10.1. The molecule has 0 spiro atoms. The summed E-state index contributed by atoms with van der Waals surface area (Å²) in [5, 5.41) is 28.8. The molecule has 3 rings (SSSR count). The number of aliphatic hydroxyl groups is 1. The van der Waals surface area contributed by atoms with Crippen molar-refractivity contribution in [3.05, 3.63) is 24.3 Å². The van der Waals surface area contributed by atoms with Crippen LogP contribution in [0.25, 0.3) is 11.4 Å². The van der Waals surface area contributed by atoms with E-state index in [4.69, 9.17) is 0 Å². The van der Waals surface area contributed by atoms with E-state index >= 15 is 0 Å². The van der Waals surface area contributed by atoms with Gasteiger partial charge in [-0.1, -0.05) is 12.1 Å². The molecule has 0 aliphatic carbocycles. The molecule has 1 aliphatic rings. The van der Waals surface area contributed by atoms with Gasteiger partial charge in [0.1, 0.15) is 0 Å². The molecular formula is C12H14N6O2. The molecule has 1 aliphatic heterocycles. The zero-order valence-corrected chi connectivity index (χ0v) is 10.6. The van der Waals surface area contributed by atoms with Crippen LogP contribution in [-0.4, -0.2) is 50.3 Å². The third-order valence-electron chi connectivity index (χ3n) is 3.16. The molecule has 0 saturated carbocycles. The molecule has 1 amide bonds. The van der Waals surface area contributed by atoms with Gasteiger partial charge in [0.05, 0.1) is 12.1 Å². The summed E-state index contributed by atoms with van der Waals surface area (Å²) in [7, 11) is 0. The third-order valence-corrected chi connectivity index (χ3v) is 3.16. The maximum atomic E-state index is 12.0. The van der Waals surface area contributed by atoms with Gasteiger partial charge in [0.15, 0.2) is 0 Å². The van der Waals surface area contributed by atoms with Gasteiger partial charge >= 0.3 is 0 Å². The average molecular weight is 274 g/mol. The maximum absolute atomic E-state index is 12.0. The second kappa shape index (κ2) is 5.35. The first-order valence-electron chi connectivity index (χ1n) is 6.28. The molecule has 2 atom stereocenters. The molecule has 8 heteroatoms. The second-order valence-corrected chi connectivity index (χ2v) is 4.66. The summed E-state index contributed by atoms with van der Waals surface area (Å²) in [5.74, 6) is 0.308. The van der Waals surface area contributed by atoms with Gasteiger partial charge in [0.2, 0.25) is 11.7 Å². The Hall–Kier alpha value is -2.32. The minimum absolute atomic E-state index is 0.160. The molecule has 4 N–H and O–H groups in total. The minimum Gasteiger partial charge on any atom is -0.392 e. The standard InChI is InChI=1S/C12H14N6O2/c19-9-5-10(13-6-9)12(20)14-8-3-1-2-7(4-8)11-15-17-18-16-11/h1-4,9-10,13,19H,5-6H2,(H,14,20)(H,15,16,17,18). The number of amides is 1. The van der Waals surface area contributed by atoms with Crippen LogP contribution in [0.1, 0.15) is 6.42 Å². The number of aromatic nitrogens is 4. The fraction of sp³-hybridized carbons (Fsp3) is 0.333. The Balaban J connectivity index is 1.71. The molecule has 2 heterocycles. The van der Waals surface area contributed by atoms with E-state index in [0.29, 0.717) is 24.5 Å². The van der Waals surface area contributed by atoms with Crippen LogP contribution >= 0.6 is 0 Å². The van der Waals surface area contributed by atoms with Crippen LogP contribution in [0, 0.1) is 0 Å². The first-order chi connectivity index (χ1) is 9.72. The SMILES string of the molecule is O=C(Nc1cccc(-c2nn[nH]n2)c1)C1CC(O)CN1. The van der Waals surface area contributed by atoms with E-state index in [1.807, 2.05) is 6.07 Å². The number of tetrazole rings is 1. The van der Waals surface area contributed by atoms with Crippen molar-refractivity contribution in [1.82, 2.24) is 25.9 Å². The Labute approximate surface area is 114 Å². The summed E-state index contributed by atoms with van der Waals surface area (Å²) < 4.78 is 0. The molecular weight excluding hydrogens is 260 g/mol. The van der Waals surface area contributed by atoms with Crippen LogP contribution in [0.4, 0.5) is 5.69 Å². The van der Waals surface area contributed by atoms with Gasteiger partial charge in [-0.15, -0.1) is 10.2 Å². The first kappa shape index (κ1) is 12.7. The molecule has 20 heavy (non-hydrogen) atoms. The maximum Gasteiger partial charge on any atom is 0.241 e. The van der Waals surface area contributed by atoms with Crippen LogP contribution in [0.15, 0.2) is 24.3 Å². The monoisotopic (exact) mass is 274 g/mol. The molecule has 2 unspecified atom stereocenters. The van der Waals surface area contributed by atoms with Crippen LogP contribution in [-0.2, 0) is 4.79 Å². The highest BCUT2D eigenvalue weighted by atomic mass is 16.3. The van der Waals surface area contributed by atoms with Crippen LogP contribution in [0.3, 0.4) is 0 Å². The van der Waals surface area contributed by atoms with E-state index in [1.54, 1.807) is 18.2 Å². The number of rotatable bonds is 3. The first-order valence-corrected chi connectivity index (χ1v) is 6.28. The number of β-amino-alcohol motifs (C(OH)–C–C–N with tert-alkyl or cyclic N) is 1. The normalized spacial score (nSPS) is 21.9. The number of nitrogens with one attached hydrogen (secondary N) is 3. The molecule has 1 fully saturated rings. The lowest BCUT2D eigenvalue weighted by molar-refractivity contribution is -0.117. The summed E-state index contributed by atoms with van der Waals surface area (Å²) in [4.78, 5) is 12.0. The van der Waals surface area contributed by atoms with E-state index in [2.05, 4.69) is 31.3 Å². The number of aliphatic hydroxyl groups excluding tert-OH is 1. The van der Waals surface area contributed by atoms with E-state index in [0.717, 1.165) is 5.56 Å². The number of anilines is 1. The number of carbonyl (C=O) groups is 1. The van der Waals surface area contributed by atoms with Gasteiger partial charge in [-0.25, -0.2) is 0 Å². The van der Waals surface area contributed by atoms with Gasteiger partial charge in [0.25, 0.3) is 0 Å². The van der Waals surface area contributed by atoms with Crippen LogP contribution in [0.5, 0.6) is 0 Å². The van der Waals surface area contributed by atoms with Gasteiger partial charge in [0, 0.05) is 17.8 Å². The molecule has 1 saturated heterocycles. The number of aromatic amines is 1. The Morgan fingerprint density at radius 2 is 2.35 bits per heavy atom. The molecule has 2 aromatic rings. The van der Waals surface area contributed by atoms with Crippen molar-refractivity contribution in [2.45, 2.75) is 18.6 Å². The van der Waals surface area contributed by atoms with Crippen molar-refractivity contribution in [3.63, 3.8) is 0 Å². The lowest BCUT2D eigenvalue weighted by Crippen LogP contribution is -2.35. The summed E-state index contributed by atoms with van der Waals surface area (Å²) in [6.45, 7) is 0.445. The predicted molar refractivity (Wildman–Crippen MR) is 70.7 cm³/mol. The van der Waals surface area contributed by atoms with Crippen molar-refractivity contribution in [1.29, 1.82) is 0 Å².